The molecule has 0 radical (unpaired) electrons. The van der Waals surface area contributed by atoms with Crippen molar-refractivity contribution >= 4 is 23.1 Å². The minimum atomic E-state index is -0.0972. The van der Waals surface area contributed by atoms with E-state index in [4.69, 9.17) is 5.73 Å². The number of rotatable bonds is 7. The molecule has 3 N–H and O–H groups in total. The van der Waals surface area contributed by atoms with Gasteiger partial charge >= 0.3 is 0 Å². The highest BCUT2D eigenvalue weighted by molar-refractivity contribution is 7.80. The second-order valence-electron chi connectivity index (χ2n) is 3.73. The lowest BCUT2D eigenvalue weighted by molar-refractivity contribution is -0.119. The van der Waals surface area contributed by atoms with Crippen molar-refractivity contribution in [1.29, 1.82) is 0 Å². The van der Waals surface area contributed by atoms with Crippen molar-refractivity contribution in [2.75, 3.05) is 20.1 Å². The molecule has 1 atom stereocenters. The summed E-state index contributed by atoms with van der Waals surface area (Å²) < 4.78 is 0. The predicted molar refractivity (Wildman–Crippen MR) is 66.8 cm³/mol. The second kappa shape index (κ2) is 7.59. The van der Waals surface area contributed by atoms with Crippen LogP contribution in [0.25, 0.3) is 0 Å². The number of nitrogens with two attached hydrogens (primary N) is 1. The van der Waals surface area contributed by atoms with Crippen molar-refractivity contribution in [2.45, 2.75) is 32.7 Å². The van der Waals surface area contributed by atoms with Crippen LogP contribution < -0.4 is 11.1 Å². The first kappa shape index (κ1) is 14.3. The van der Waals surface area contributed by atoms with E-state index in [1.165, 1.54) is 0 Å². The largest absolute Gasteiger partial charge is 0.393 e. The number of amides is 1. The Hall–Kier alpha value is -0.680. The van der Waals surface area contributed by atoms with Crippen LogP contribution in [0.15, 0.2) is 0 Å². The van der Waals surface area contributed by atoms with Gasteiger partial charge in [-0.05, 0) is 20.4 Å². The SMILES string of the molecule is CCC(C)N(C)CCNC(=O)CC(N)=S. The molecule has 0 bridgehead atoms. The molecule has 0 saturated carbocycles. The molecule has 88 valence electrons. The minimum Gasteiger partial charge on any atom is -0.393 e. The Balaban J connectivity index is 3.61. The number of hydrogen-bond acceptors (Lipinski definition) is 3. The van der Waals surface area contributed by atoms with Crippen LogP contribution in [-0.2, 0) is 4.79 Å². The summed E-state index contributed by atoms with van der Waals surface area (Å²) in [5.74, 6) is -0.0972. The summed E-state index contributed by atoms with van der Waals surface area (Å²) in [4.78, 5) is 13.6. The van der Waals surface area contributed by atoms with Gasteiger partial charge in [-0.25, -0.2) is 0 Å². The molecule has 0 rings (SSSR count). The molecule has 0 aromatic heterocycles. The average Bonchev–Trinajstić information content (AvgIpc) is 2.15. The third-order valence-electron chi connectivity index (χ3n) is 2.46. The van der Waals surface area contributed by atoms with Gasteiger partial charge in [0.2, 0.25) is 5.91 Å². The van der Waals surface area contributed by atoms with Crippen molar-refractivity contribution in [3.63, 3.8) is 0 Å². The van der Waals surface area contributed by atoms with Gasteiger partial charge in [0.1, 0.15) is 0 Å². The molecular formula is C10H21N3OS. The zero-order valence-corrected chi connectivity index (χ0v) is 10.6. The number of nitrogens with zero attached hydrogens (tertiary/aromatic N) is 1. The van der Waals surface area contributed by atoms with E-state index in [2.05, 4.69) is 36.3 Å². The molecule has 0 heterocycles. The van der Waals surface area contributed by atoms with Crippen LogP contribution in [0.5, 0.6) is 0 Å². The van der Waals surface area contributed by atoms with E-state index in [-0.39, 0.29) is 17.3 Å². The monoisotopic (exact) mass is 231 g/mol. The lowest BCUT2D eigenvalue weighted by Gasteiger charge is -2.23. The fraction of sp³-hybridized carbons (Fsp3) is 0.800. The van der Waals surface area contributed by atoms with Crippen LogP contribution in [0.3, 0.4) is 0 Å². The van der Waals surface area contributed by atoms with Gasteiger partial charge in [0.05, 0.1) is 11.4 Å². The summed E-state index contributed by atoms with van der Waals surface area (Å²) in [6.07, 6.45) is 1.25. The zero-order valence-electron chi connectivity index (χ0n) is 9.75. The van der Waals surface area contributed by atoms with Crippen molar-refractivity contribution in [2.24, 2.45) is 5.73 Å². The molecule has 0 aliphatic rings. The topological polar surface area (TPSA) is 58.4 Å². The third-order valence-corrected chi connectivity index (χ3v) is 2.61. The Bertz CT molecular complexity index is 221. The predicted octanol–water partition coefficient (Wildman–Crippen LogP) is 0.509. The number of carbonyl (C=O) groups is 1. The highest BCUT2D eigenvalue weighted by Gasteiger charge is 2.07. The zero-order chi connectivity index (χ0) is 11.8. The summed E-state index contributed by atoms with van der Waals surface area (Å²) in [6.45, 7) is 5.80. The van der Waals surface area contributed by atoms with E-state index in [1.54, 1.807) is 0 Å². The van der Waals surface area contributed by atoms with Gasteiger partial charge in [-0.2, -0.15) is 0 Å². The first-order valence-electron chi connectivity index (χ1n) is 5.22. The van der Waals surface area contributed by atoms with Crippen LogP contribution in [0.2, 0.25) is 0 Å². The summed E-state index contributed by atoms with van der Waals surface area (Å²) in [5.41, 5.74) is 5.25. The highest BCUT2D eigenvalue weighted by atomic mass is 32.1. The molecule has 0 aromatic rings. The van der Waals surface area contributed by atoms with E-state index in [1.807, 2.05) is 7.05 Å². The molecule has 1 unspecified atom stereocenters. The standard InChI is InChI=1S/C10H21N3OS/c1-4-8(2)13(3)6-5-12-10(14)7-9(11)15/h8H,4-7H2,1-3H3,(H2,11,15)(H,12,14). The molecule has 5 heteroatoms. The Morgan fingerprint density at radius 2 is 2.20 bits per heavy atom. The fourth-order valence-corrected chi connectivity index (χ4v) is 1.26. The van der Waals surface area contributed by atoms with Crippen LogP contribution in [0.1, 0.15) is 26.7 Å². The molecule has 0 aliphatic heterocycles. The van der Waals surface area contributed by atoms with Gasteiger partial charge in [-0.15, -0.1) is 0 Å². The van der Waals surface area contributed by atoms with E-state index in [9.17, 15) is 4.79 Å². The molecule has 1 amide bonds. The van der Waals surface area contributed by atoms with Crippen molar-refractivity contribution < 1.29 is 4.79 Å². The summed E-state index contributed by atoms with van der Waals surface area (Å²) in [5, 5.41) is 2.78. The summed E-state index contributed by atoms with van der Waals surface area (Å²) in [7, 11) is 2.05. The lowest BCUT2D eigenvalue weighted by atomic mass is 10.2. The fourth-order valence-electron chi connectivity index (χ4n) is 1.12. The van der Waals surface area contributed by atoms with Crippen molar-refractivity contribution in [1.82, 2.24) is 10.2 Å². The quantitative estimate of drug-likeness (QED) is 0.627. The Labute approximate surface area is 97.2 Å². The van der Waals surface area contributed by atoms with Crippen LogP contribution in [0, 0.1) is 0 Å². The molecule has 4 nitrogen and oxygen atoms in total. The van der Waals surface area contributed by atoms with Gasteiger partial charge < -0.3 is 16.0 Å². The maximum atomic E-state index is 11.2. The highest BCUT2D eigenvalue weighted by Crippen LogP contribution is 1.98. The Morgan fingerprint density at radius 1 is 1.60 bits per heavy atom. The van der Waals surface area contributed by atoms with Crippen molar-refractivity contribution in [3.05, 3.63) is 0 Å². The third kappa shape index (κ3) is 7.27. The van der Waals surface area contributed by atoms with Crippen LogP contribution >= 0.6 is 12.2 Å². The number of thiocarbonyl (C=S) groups is 1. The second-order valence-corrected chi connectivity index (χ2v) is 4.26. The lowest BCUT2D eigenvalue weighted by Crippen LogP contribution is -2.37. The first-order valence-corrected chi connectivity index (χ1v) is 5.63. The van der Waals surface area contributed by atoms with Crippen LogP contribution in [0.4, 0.5) is 0 Å². The molecule has 0 aliphatic carbocycles. The number of likely N-dealkylation sites (N-methyl/N-ethyl adjacent to an activating group) is 1. The maximum Gasteiger partial charge on any atom is 0.226 e. The van der Waals surface area contributed by atoms with E-state index in [0.29, 0.717) is 12.6 Å². The Kier molecular flexibility index (Phi) is 7.25. The van der Waals surface area contributed by atoms with E-state index in [0.717, 1.165) is 13.0 Å². The number of nitrogens with one attached hydrogen (secondary N) is 1. The summed E-state index contributed by atoms with van der Waals surface area (Å²) in [6, 6.07) is 0.539. The molecule has 0 fully saturated rings. The summed E-state index contributed by atoms with van der Waals surface area (Å²) >= 11 is 4.64. The van der Waals surface area contributed by atoms with Crippen molar-refractivity contribution in [3.8, 4) is 0 Å². The number of hydrogen-bond donors (Lipinski definition) is 2. The molecular weight excluding hydrogens is 210 g/mol. The average molecular weight is 231 g/mol. The molecule has 0 saturated heterocycles. The van der Waals surface area contributed by atoms with Gasteiger partial charge in [0, 0.05) is 19.1 Å². The van der Waals surface area contributed by atoms with Crippen LogP contribution in [-0.4, -0.2) is 42.0 Å². The normalized spacial score (nSPS) is 12.5. The van der Waals surface area contributed by atoms with Gasteiger partial charge in [0.15, 0.2) is 0 Å². The molecule has 0 aromatic carbocycles. The first-order chi connectivity index (χ1) is 6.97. The molecule has 0 spiro atoms. The van der Waals surface area contributed by atoms with Gasteiger partial charge in [-0.1, -0.05) is 19.1 Å². The van der Waals surface area contributed by atoms with Gasteiger partial charge in [-0.3, -0.25) is 4.79 Å². The van der Waals surface area contributed by atoms with E-state index < -0.39 is 0 Å². The van der Waals surface area contributed by atoms with Gasteiger partial charge in [0.25, 0.3) is 0 Å². The van der Waals surface area contributed by atoms with E-state index >= 15 is 0 Å². The number of carbonyl (C=O) groups excluding carboxylic acids is 1. The minimum absolute atomic E-state index is 0.0972. The smallest absolute Gasteiger partial charge is 0.226 e. The molecule has 15 heavy (non-hydrogen) atoms. The Morgan fingerprint density at radius 3 is 2.67 bits per heavy atom. The maximum absolute atomic E-state index is 11.2.